The Morgan fingerprint density at radius 1 is 1.70 bits per heavy atom. The van der Waals surface area contributed by atoms with Gasteiger partial charge >= 0.3 is 0 Å². The van der Waals surface area contributed by atoms with E-state index in [0.29, 0.717) is 5.82 Å². The molecule has 0 bridgehead atoms. The quantitative estimate of drug-likeness (QED) is 0.499. The van der Waals surface area contributed by atoms with Crippen molar-refractivity contribution in [1.82, 2.24) is 4.98 Å². The maximum absolute atomic E-state index is 10.4. The summed E-state index contributed by atoms with van der Waals surface area (Å²) in [6, 6.07) is 0. The maximum Gasteiger partial charge on any atom is 0.288 e. The average molecular weight is 139 g/mol. The summed E-state index contributed by atoms with van der Waals surface area (Å²) in [7, 11) is 0. The van der Waals surface area contributed by atoms with E-state index in [1.165, 1.54) is 12.4 Å². The molecule has 0 aliphatic rings. The monoisotopic (exact) mass is 139 g/mol. The van der Waals surface area contributed by atoms with Crippen LogP contribution in [-0.2, 0) is 0 Å². The number of nitrogens with zero attached hydrogens (tertiary/aromatic N) is 1. The third kappa shape index (κ3) is 1.19. The van der Waals surface area contributed by atoms with Gasteiger partial charge in [-0.05, 0) is 0 Å². The van der Waals surface area contributed by atoms with Crippen LogP contribution in [0.4, 0.5) is 5.82 Å². The van der Waals surface area contributed by atoms with Gasteiger partial charge in [-0.25, -0.2) is 9.97 Å². The number of carbonyl (C=O) groups excluding carboxylic acids is 1. The normalized spacial score (nSPS) is 9.20. The second-order valence-corrected chi connectivity index (χ2v) is 1.75. The molecule has 0 aromatic carbocycles. The zero-order valence-corrected chi connectivity index (χ0v) is 5.16. The Morgan fingerprint density at radius 2 is 2.40 bits per heavy atom. The summed E-state index contributed by atoms with van der Waals surface area (Å²) in [6.07, 6.45) is 2.69. The van der Waals surface area contributed by atoms with E-state index >= 15 is 0 Å². The SMILES string of the molecule is NC(=O)c1c[nH+]c(N)cn1. The molecule has 0 saturated heterocycles. The Morgan fingerprint density at radius 3 is 2.80 bits per heavy atom. The molecular weight excluding hydrogens is 132 g/mol. The number of H-pyrrole nitrogens is 1. The minimum absolute atomic E-state index is 0.175. The molecule has 0 aliphatic carbocycles. The van der Waals surface area contributed by atoms with Crippen LogP contribution >= 0.6 is 0 Å². The lowest BCUT2D eigenvalue weighted by atomic mass is 10.4. The molecule has 52 valence electrons. The third-order valence-corrected chi connectivity index (χ3v) is 0.971. The van der Waals surface area contributed by atoms with Crippen molar-refractivity contribution in [2.45, 2.75) is 0 Å². The number of hydrogen-bond donors (Lipinski definition) is 2. The van der Waals surface area contributed by atoms with Crippen LogP contribution in [-0.4, -0.2) is 10.9 Å². The summed E-state index contributed by atoms with van der Waals surface area (Å²) < 4.78 is 0. The minimum atomic E-state index is -0.573. The van der Waals surface area contributed by atoms with Crippen molar-refractivity contribution >= 4 is 11.7 Å². The molecule has 1 aromatic rings. The van der Waals surface area contributed by atoms with Gasteiger partial charge in [0.15, 0.2) is 5.69 Å². The second kappa shape index (κ2) is 2.30. The lowest BCUT2D eigenvalue weighted by molar-refractivity contribution is -0.361. The number of nitrogens with one attached hydrogen (secondary N) is 1. The zero-order chi connectivity index (χ0) is 7.56. The fourth-order valence-electron chi connectivity index (χ4n) is 0.500. The molecule has 1 aromatic heterocycles. The smallest absolute Gasteiger partial charge is 0.288 e. The molecule has 5 heteroatoms. The van der Waals surface area contributed by atoms with Crippen molar-refractivity contribution < 1.29 is 9.78 Å². The number of amides is 1. The Kier molecular flexibility index (Phi) is 1.49. The first-order valence-electron chi connectivity index (χ1n) is 2.63. The van der Waals surface area contributed by atoms with Gasteiger partial charge in [0.2, 0.25) is 0 Å². The van der Waals surface area contributed by atoms with Crippen LogP contribution < -0.4 is 16.5 Å². The van der Waals surface area contributed by atoms with E-state index < -0.39 is 5.91 Å². The first-order chi connectivity index (χ1) is 4.70. The highest BCUT2D eigenvalue weighted by Crippen LogP contribution is 1.88. The molecule has 0 radical (unpaired) electrons. The highest BCUT2D eigenvalue weighted by atomic mass is 16.1. The number of hydrogen-bond acceptors (Lipinski definition) is 3. The van der Waals surface area contributed by atoms with Gasteiger partial charge in [-0.15, -0.1) is 0 Å². The molecule has 0 aliphatic heterocycles. The summed E-state index contributed by atoms with van der Waals surface area (Å²) in [6.45, 7) is 0. The molecule has 0 saturated carbocycles. The van der Waals surface area contributed by atoms with Gasteiger partial charge in [-0.3, -0.25) is 10.5 Å². The van der Waals surface area contributed by atoms with Crippen molar-refractivity contribution in [2.75, 3.05) is 5.73 Å². The highest BCUT2D eigenvalue weighted by Gasteiger charge is 2.02. The van der Waals surface area contributed by atoms with Crippen LogP contribution in [0, 0.1) is 0 Å². The number of aromatic amines is 1. The van der Waals surface area contributed by atoms with Crippen molar-refractivity contribution in [3.05, 3.63) is 18.1 Å². The summed E-state index contributed by atoms with van der Waals surface area (Å²) >= 11 is 0. The lowest BCUT2D eigenvalue weighted by Crippen LogP contribution is -2.19. The number of nitrogen functional groups attached to an aromatic ring is 1. The molecule has 0 unspecified atom stereocenters. The summed E-state index contributed by atoms with van der Waals surface area (Å²) in [4.78, 5) is 16.7. The number of rotatable bonds is 1. The predicted octanol–water partition coefficient (Wildman–Crippen LogP) is -1.42. The number of aromatic nitrogens is 2. The Labute approximate surface area is 57.1 Å². The summed E-state index contributed by atoms with van der Waals surface area (Å²) in [5.41, 5.74) is 10.3. The molecule has 0 fully saturated rings. The van der Waals surface area contributed by atoms with Crippen molar-refractivity contribution in [3.8, 4) is 0 Å². The number of nitrogens with two attached hydrogens (primary N) is 2. The Balaban J connectivity index is 3.00. The minimum Gasteiger partial charge on any atom is -0.364 e. The molecule has 0 atom stereocenters. The zero-order valence-electron chi connectivity index (χ0n) is 5.16. The topological polar surface area (TPSA) is 96.1 Å². The predicted molar refractivity (Wildman–Crippen MR) is 33.7 cm³/mol. The standard InChI is InChI=1S/C5H6N4O/c6-4-2-8-3(1-9-4)5(7)10/h1-2H,(H2,6,9)(H2,7,10)/p+1. The molecule has 1 heterocycles. The Bertz CT molecular complexity index is 242. The van der Waals surface area contributed by atoms with Crippen molar-refractivity contribution in [1.29, 1.82) is 0 Å². The molecule has 5 N–H and O–H groups in total. The molecule has 1 amide bonds. The molecule has 1 rings (SSSR count). The summed E-state index contributed by atoms with van der Waals surface area (Å²) in [5, 5.41) is 0. The van der Waals surface area contributed by atoms with E-state index in [1.807, 2.05) is 0 Å². The van der Waals surface area contributed by atoms with Gasteiger partial charge < -0.3 is 5.73 Å². The van der Waals surface area contributed by atoms with Crippen LogP contribution in [0.5, 0.6) is 0 Å². The fraction of sp³-hybridized carbons (Fsp3) is 0. The van der Waals surface area contributed by atoms with Crippen LogP contribution in [0.15, 0.2) is 12.4 Å². The number of primary amides is 1. The largest absolute Gasteiger partial charge is 0.364 e. The van der Waals surface area contributed by atoms with Crippen LogP contribution in [0.1, 0.15) is 10.5 Å². The van der Waals surface area contributed by atoms with Gasteiger partial charge in [0.1, 0.15) is 12.4 Å². The average Bonchev–Trinajstić information content (AvgIpc) is 1.88. The van der Waals surface area contributed by atoms with Gasteiger partial charge in [0, 0.05) is 0 Å². The highest BCUT2D eigenvalue weighted by molar-refractivity contribution is 5.90. The molecule has 5 nitrogen and oxygen atoms in total. The van der Waals surface area contributed by atoms with E-state index in [-0.39, 0.29) is 5.69 Å². The van der Waals surface area contributed by atoms with Gasteiger partial charge in [-0.1, -0.05) is 0 Å². The van der Waals surface area contributed by atoms with Gasteiger partial charge in [0.25, 0.3) is 11.7 Å². The van der Waals surface area contributed by atoms with E-state index in [4.69, 9.17) is 11.5 Å². The molecular formula is C5H7N4O+. The lowest BCUT2D eigenvalue weighted by Gasteiger charge is -1.88. The number of carbonyl (C=O) groups is 1. The molecule has 0 spiro atoms. The van der Waals surface area contributed by atoms with Crippen LogP contribution in [0.2, 0.25) is 0 Å². The van der Waals surface area contributed by atoms with Gasteiger partial charge in [-0.2, -0.15) is 0 Å². The van der Waals surface area contributed by atoms with Crippen molar-refractivity contribution in [3.63, 3.8) is 0 Å². The van der Waals surface area contributed by atoms with E-state index in [0.717, 1.165) is 0 Å². The second-order valence-electron chi connectivity index (χ2n) is 1.75. The number of anilines is 1. The first-order valence-corrected chi connectivity index (χ1v) is 2.63. The van der Waals surface area contributed by atoms with Gasteiger partial charge in [0.05, 0.1) is 0 Å². The first kappa shape index (κ1) is 6.47. The fourth-order valence-corrected chi connectivity index (χ4v) is 0.500. The van der Waals surface area contributed by atoms with Crippen LogP contribution in [0.25, 0.3) is 0 Å². The van der Waals surface area contributed by atoms with Crippen LogP contribution in [0.3, 0.4) is 0 Å². The van der Waals surface area contributed by atoms with Crippen molar-refractivity contribution in [2.24, 2.45) is 5.73 Å². The maximum atomic E-state index is 10.4. The van der Waals surface area contributed by atoms with E-state index in [2.05, 4.69) is 9.97 Å². The molecule has 10 heavy (non-hydrogen) atoms. The van der Waals surface area contributed by atoms with E-state index in [9.17, 15) is 4.79 Å². The van der Waals surface area contributed by atoms with E-state index in [1.54, 1.807) is 0 Å². The summed E-state index contributed by atoms with van der Waals surface area (Å²) in [5.74, 6) is -0.179. The Hall–Kier alpha value is -1.65. The third-order valence-electron chi connectivity index (χ3n) is 0.971.